The Morgan fingerprint density at radius 1 is 1.42 bits per heavy atom. The molecule has 0 spiro atoms. The Morgan fingerprint density at radius 2 is 2.21 bits per heavy atom. The molecule has 2 atom stereocenters. The Balaban J connectivity index is 1.64. The maximum Gasteiger partial charge on any atom is 0.223 e. The van der Waals surface area contributed by atoms with Crippen LogP contribution in [-0.2, 0) is 4.79 Å². The van der Waals surface area contributed by atoms with E-state index >= 15 is 0 Å². The van der Waals surface area contributed by atoms with Gasteiger partial charge in [0.25, 0.3) is 0 Å². The molecule has 2 unspecified atom stereocenters. The van der Waals surface area contributed by atoms with Gasteiger partial charge in [0.05, 0.1) is 13.0 Å². The summed E-state index contributed by atoms with van der Waals surface area (Å²) in [5, 5.41) is 6.45. The number of benzene rings is 1. The van der Waals surface area contributed by atoms with Gasteiger partial charge in [0.15, 0.2) is 0 Å². The minimum atomic E-state index is 0.0787. The fraction of sp³-hybridized carbons (Fsp3) is 0.533. The highest BCUT2D eigenvalue weighted by atomic mass is 16.5. The third-order valence-corrected chi connectivity index (χ3v) is 3.33. The normalized spacial score (nSPS) is 22.8. The molecule has 1 aliphatic heterocycles. The van der Waals surface area contributed by atoms with E-state index in [2.05, 4.69) is 17.6 Å². The molecule has 0 aliphatic carbocycles. The molecular formula is C15H22N2O2. The Morgan fingerprint density at radius 3 is 2.95 bits per heavy atom. The molecule has 1 amide bonds. The van der Waals surface area contributed by atoms with Crippen molar-refractivity contribution in [3.8, 4) is 5.75 Å². The Kier molecular flexibility index (Phi) is 5.21. The average Bonchev–Trinajstić information content (AvgIpc) is 2.40. The zero-order chi connectivity index (χ0) is 13.5. The van der Waals surface area contributed by atoms with Crippen LogP contribution in [0.2, 0.25) is 0 Å². The van der Waals surface area contributed by atoms with Gasteiger partial charge >= 0.3 is 0 Å². The Labute approximate surface area is 114 Å². The summed E-state index contributed by atoms with van der Waals surface area (Å²) in [4.78, 5) is 11.8. The van der Waals surface area contributed by atoms with Crippen molar-refractivity contribution in [2.45, 2.75) is 38.3 Å². The molecule has 2 rings (SSSR count). The largest absolute Gasteiger partial charge is 0.493 e. The van der Waals surface area contributed by atoms with Crippen LogP contribution >= 0.6 is 0 Å². The van der Waals surface area contributed by atoms with Crippen molar-refractivity contribution >= 4 is 5.91 Å². The van der Waals surface area contributed by atoms with Gasteiger partial charge in [-0.2, -0.15) is 0 Å². The zero-order valence-electron chi connectivity index (χ0n) is 11.4. The van der Waals surface area contributed by atoms with Crippen LogP contribution in [0.4, 0.5) is 0 Å². The van der Waals surface area contributed by atoms with Gasteiger partial charge in [0.2, 0.25) is 5.91 Å². The van der Waals surface area contributed by atoms with Crippen molar-refractivity contribution in [3.05, 3.63) is 30.3 Å². The number of piperidine rings is 1. The number of hydrogen-bond donors (Lipinski definition) is 2. The number of nitrogens with one attached hydrogen (secondary N) is 2. The quantitative estimate of drug-likeness (QED) is 0.849. The molecule has 1 heterocycles. The lowest BCUT2D eigenvalue weighted by molar-refractivity contribution is -0.122. The predicted octanol–water partition coefficient (Wildman–Crippen LogP) is 1.71. The summed E-state index contributed by atoms with van der Waals surface area (Å²) in [6.07, 6.45) is 2.42. The first-order valence-corrected chi connectivity index (χ1v) is 6.94. The first-order chi connectivity index (χ1) is 9.24. The van der Waals surface area contributed by atoms with Gasteiger partial charge in [-0.1, -0.05) is 18.2 Å². The molecule has 4 nitrogen and oxygen atoms in total. The third-order valence-electron chi connectivity index (χ3n) is 3.33. The second kappa shape index (κ2) is 7.14. The van der Waals surface area contributed by atoms with Gasteiger partial charge in [-0.05, 0) is 38.4 Å². The van der Waals surface area contributed by atoms with E-state index in [9.17, 15) is 4.79 Å². The lowest BCUT2D eigenvalue weighted by Gasteiger charge is -2.28. The first-order valence-electron chi connectivity index (χ1n) is 6.94. The van der Waals surface area contributed by atoms with Gasteiger partial charge in [0.1, 0.15) is 5.75 Å². The van der Waals surface area contributed by atoms with Crippen molar-refractivity contribution in [1.29, 1.82) is 0 Å². The monoisotopic (exact) mass is 262 g/mol. The molecule has 0 radical (unpaired) electrons. The summed E-state index contributed by atoms with van der Waals surface area (Å²) in [5.74, 6) is 0.890. The van der Waals surface area contributed by atoms with Crippen LogP contribution in [0.15, 0.2) is 30.3 Å². The molecule has 1 saturated heterocycles. The summed E-state index contributed by atoms with van der Waals surface area (Å²) in [6, 6.07) is 10.4. The van der Waals surface area contributed by atoms with Crippen molar-refractivity contribution in [3.63, 3.8) is 0 Å². The van der Waals surface area contributed by atoms with Crippen molar-refractivity contribution < 1.29 is 9.53 Å². The Bertz CT molecular complexity index is 394. The van der Waals surface area contributed by atoms with E-state index in [0.717, 1.165) is 25.1 Å². The molecule has 1 aromatic carbocycles. The van der Waals surface area contributed by atoms with Crippen LogP contribution in [0.3, 0.4) is 0 Å². The highest BCUT2D eigenvalue weighted by Crippen LogP contribution is 2.10. The second-order valence-corrected chi connectivity index (χ2v) is 5.06. The van der Waals surface area contributed by atoms with E-state index in [4.69, 9.17) is 4.74 Å². The van der Waals surface area contributed by atoms with Crippen LogP contribution in [-0.4, -0.2) is 31.1 Å². The van der Waals surface area contributed by atoms with Crippen LogP contribution in [0.25, 0.3) is 0 Å². The van der Waals surface area contributed by atoms with E-state index in [1.807, 2.05) is 30.3 Å². The molecule has 1 aromatic rings. The topological polar surface area (TPSA) is 50.4 Å². The van der Waals surface area contributed by atoms with Crippen LogP contribution in [0, 0.1) is 0 Å². The van der Waals surface area contributed by atoms with Crippen LogP contribution in [0.1, 0.15) is 26.2 Å². The highest BCUT2D eigenvalue weighted by Gasteiger charge is 2.19. The van der Waals surface area contributed by atoms with E-state index in [-0.39, 0.29) is 5.91 Å². The van der Waals surface area contributed by atoms with Crippen LogP contribution in [0.5, 0.6) is 5.75 Å². The number of hydrogen-bond acceptors (Lipinski definition) is 3. The fourth-order valence-electron chi connectivity index (χ4n) is 2.34. The summed E-state index contributed by atoms with van der Waals surface area (Å²) < 4.78 is 5.51. The molecule has 4 heteroatoms. The first kappa shape index (κ1) is 13.9. The summed E-state index contributed by atoms with van der Waals surface area (Å²) in [5.41, 5.74) is 0. The summed E-state index contributed by atoms with van der Waals surface area (Å²) in [7, 11) is 0. The third kappa shape index (κ3) is 4.91. The van der Waals surface area contributed by atoms with E-state index < -0.39 is 0 Å². The standard InChI is InChI=1S/C15H22N2O2/c1-12-11-13(7-9-16-12)17-15(18)8-10-19-14-5-3-2-4-6-14/h2-6,12-13,16H,7-11H2,1H3,(H,17,18). The smallest absolute Gasteiger partial charge is 0.223 e. The molecule has 104 valence electrons. The minimum absolute atomic E-state index is 0.0787. The van der Waals surface area contributed by atoms with Gasteiger partial charge in [-0.3, -0.25) is 4.79 Å². The predicted molar refractivity (Wildman–Crippen MR) is 75.2 cm³/mol. The molecular weight excluding hydrogens is 240 g/mol. The minimum Gasteiger partial charge on any atom is -0.493 e. The second-order valence-electron chi connectivity index (χ2n) is 5.06. The summed E-state index contributed by atoms with van der Waals surface area (Å²) in [6.45, 7) is 3.56. The van der Waals surface area contributed by atoms with E-state index in [1.54, 1.807) is 0 Å². The lowest BCUT2D eigenvalue weighted by Crippen LogP contribution is -2.46. The maximum absolute atomic E-state index is 11.8. The maximum atomic E-state index is 11.8. The molecule has 0 bridgehead atoms. The number of para-hydroxylation sites is 1. The van der Waals surface area contributed by atoms with Gasteiger partial charge in [-0.15, -0.1) is 0 Å². The van der Waals surface area contributed by atoms with Crippen molar-refractivity contribution in [2.24, 2.45) is 0 Å². The van der Waals surface area contributed by atoms with Crippen molar-refractivity contribution in [1.82, 2.24) is 10.6 Å². The fourth-order valence-corrected chi connectivity index (χ4v) is 2.34. The molecule has 1 fully saturated rings. The van der Waals surface area contributed by atoms with Gasteiger partial charge < -0.3 is 15.4 Å². The average molecular weight is 262 g/mol. The molecule has 2 N–H and O–H groups in total. The number of carbonyl (C=O) groups excluding carboxylic acids is 1. The molecule has 0 aromatic heterocycles. The molecule has 0 saturated carbocycles. The molecule has 19 heavy (non-hydrogen) atoms. The SMILES string of the molecule is CC1CC(NC(=O)CCOc2ccccc2)CCN1. The molecule has 1 aliphatic rings. The van der Waals surface area contributed by atoms with E-state index in [1.165, 1.54) is 0 Å². The number of ether oxygens (including phenoxy) is 1. The highest BCUT2D eigenvalue weighted by molar-refractivity contribution is 5.76. The van der Waals surface area contributed by atoms with Gasteiger partial charge in [0, 0.05) is 12.1 Å². The Hall–Kier alpha value is -1.55. The lowest BCUT2D eigenvalue weighted by atomic mass is 10.0. The number of rotatable bonds is 5. The van der Waals surface area contributed by atoms with Crippen LogP contribution < -0.4 is 15.4 Å². The van der Waals surface area contributed by atoms with E-state index in [0.29, 0.717) is 25.1 Å². The van der Waals surface area contributed by atoms with Gasteiger partial charge in [-0.25, -0.2) is 0 Å². The summed E-state index contributed by atoms with van der Waals surface area (Å²) >= 11 is 0. The van der Waals surface area contributed by atoms with Crippen molar-refractivity contribution in [2.75, 3.05) is 13.2 Å². The number of amides is 1. The number of carbonyl (C=O) groups is 1. The zero-order valence-corrected chi connectivity index (χ0v) is 11.4.